The fourth-order valence-electron chi connectivity index (χ4n) is 3.34. The molecule has 1 fully saturated rings. The van der Waals surface area contributed by atoms with Crippen LogP contribution < -0.4 is 10.0 Å². The van der Waals surface area contributed by atoms with E-state index in [1.54, 1.807) is 18.7 Å². The number of nitrogens with one attached hydrogen (secondary N) is 2. The number of amides is 2. The van der Waals surface area contributed by atoms with Crippen LogP contribution >= 0.6 is 0 Å². The SMILES string of the molecule is CC(C)C(NC(=O)c1c(F)cccc1F)C(=O)N1CCCC(CNS(C)(=O)=O)C1. The van der Waals surface area contributed by atoms with Gasteiger partial charge in [0.2, 0.25) is 15.9 Å². The molecule has 2 rings (SSSR count). The molecular weight excluding hydrogens is 404 g/mol. The van der Waals surface area contributed by atoms with Crippen LogP contribution in [0.15, 0.2) is 18.2 Å². The summed E-state index contributed by atoms with van der Waals surface area (Å²) >= 11 is 0. The molecule has 1 saturated heterocycles. The molecule has 10 heteroatoms. The highest BCUT2D eigenvalue weighted by atomic mass is 32.2. The van der Waals surface area contributed by atoms with Gasteiger partial charge in [-0.2, -0.15) is 0 Å². The lowest BCUT2D eigenvalue weighted by Crippen LogP contribution is -2.54. The van der Waals surface area contributed by atoms with Gasteiger partial charge in [-0.15, -0.1) is 0 Å². The van der Waals surface area contributed by atoms with Crippen LogP contribution in [-0.4, -0.2) is 57.1 Å². The van der Waals surface area contributed by atoms with E-state index in [1.807, 2.05) is 0 Å². The van der Waals surface area contributed by atoms with Gasteiger partial charge in [0.25, 0.3) is 5.91 Å². The summed E-state index contributed by atoms with van der Waals surface area (Å²) in [6.07, 6.45) is 2.54. The van der Waals surface area contributed by atoms with Crippen molar-refractivity contribution in [1.29, 1.82) is 0 Å². The molecule has 162 valence electrons. The first-order chi connectivity index (χ1) is 13.5. The molecule has 0 bridgehead atoms. The molecule has 1 aromatic carbocycles. The van der Waals surface area contributed by atoms with Crippen LogP contribution in [0.3, 0.4) is 0 Å². The Morgan fingerprint density at radius 2 is 1.86 bits per heavy atom. The Morgan fingerprint density at radius 3 is 2.41 bits per heavy atom. The third-order valence-corrected chi connectivity index (χ3v) is 5.57. The molecule has 2 unspecified atom stereocenters. The predicted molar refractivity (Wildman–Crippen MR) is 105 cm³/mol. The van der Waals surface area contributed by atoms with Gasteiger partial charge >= 0.3 is 0 Å². The number of carbonyl (C=O) groups is 2. The van der Waals surface area contributed by atoms with Crippen LogP contribution in [0.4, 0.5) is 8.78 Å². The molecule has 0 saturated carbocycles. The summed E-state index contributed by atoms with van der Waals surface area (Å²) < 4.78 is 52.8. The normalized spacial score (nSPS) is 18.6. The molecule has 1 heterocycles. The monoisotopic (exact) mass is 431 g/mol. The van der Waals surface area contributed by atoms with Crippen molar-refractivity contribution in [3.8, 4) is 0 Å². The summed E-state index contributed by atoms with van der Waals surface area (Å²) in [5, 5.41) is 2.46. The van der Waals surface area contributed by atoms with Gasteiger partial charge in [-0.3, -0.25) is 9.59 Å². The minimum atomic E-state index is -3.33. The van der Waals surface area contributed by atoms with E-state index in [2.05, 4.69) is 10.0 Å². The van der Waals surface area contributed by atoms with Crippen LogP contribution in [0.5, 0.6) is 0 Å². The standard InChI is InChI=1S/C19H27F2N3O4S/c1-12(2)17(23-18(25)16-14(20)7-4-8-15(16)21)19(26)24-9-5-6-13(11-24)10-22-29(3,27)28/h4,7-8,12-13,17,22H,5-6,9-11H2,1-3H3,(H,23,25). The molecule has 0 radical (unpaired) electrons. The second-order valence-electron chi connectivity index (χ2n) is 7.70. The minimum Gasteiger partial charge on any atom is -0.341 e. The topological polar surface area (TPSA) is 95.6 Å². The van der Waals surface area contributed by atoms with E-state index in [-0.39, 0.29) is 24.3 Å². The van der Waals surface area contributed by atoms with Gasteiger partial charge in [-0.1, -0.05) is 19.9 Å². The van der Waals surface area contributed by atoms with Crippen molar-refractivity contribution < 1.29 is 26.8 Å². The number of sulfonamides is 1. The van der Waals surface area contributed by atoms with Crippen molar-refractivity contribution >= 4 is 21.8 Å². The van der Waals surface area contributed by atoms with Crippen LogP contribution in [-0.2, 0) is 14.8 Å². The molecule has 2 amide bonds. The van der Waals surface area contributed by atoms with E-state index in [0.717, 1.165) is 30.9 Å². The number of hydrogen-bond acceptors (Lipinski definition) is 4. The van der Waals surface area contributed by atoms with Gasteiger partial charge < -0.3 is 10.2 Å². The summed E-state index contributed by atoms with van der Waals surface area (Å²) in [4.78, 5) is 27.0. The third-order valence-electron chi connectivity index (χ3n) is 4.87. The zero-order valence-electron chi connectivity index (χ0n) is 16.7. The predicted octanol–water partition coefficient (Wildman–Crippen LogP) is 1.51. The van der Waals surface area contributed by atoms with E-state index in [0.29, 0.717) is 19.5 Å². The average molecular weight is 432 g/mol. The highest BCUT2D eigenvalue weighted by molar-refractivity contribution is 7.88. The fourth-order valence-corrected chi connectivity index (χ4v) is 3.88. The number of piperidine rings is 1. The zero-order chi connectivity index (χ0) is 21.8. The van der Waals surface area contributed by atoms with Crippen molar-refractivity contribution in [3.63, 3.8) is 0 Å². The largest absolute Gasteiger partial charge is 0.341 e. The first kappa shape index (κ1) is 23.2. The van der Waals surface area contributed by atoms with Gasteiger partial charge in [0.15, 0.2) is 0 Å². The highest BCUT2D eigenvalue weighted by Crippen LogP contribution is 2.19. The molecule has 1 aromatic rings. The maximum Gasteiger partial charge on any atom is 0.257 e. The Morgan fingerprint density at radius 1 is 1.24 bits per heavy atom. The molecule has 1 aliphatic rings. The lowest BCUT2D eigenvalue weighted by molar-refractivity contribution is -0.136. The minimum absolute atomic E-state index is 0.0463. The van der Waals surface area contributed by atoms with Gasteiger partial charge in [-0.25, -0.2) is 21.9 Å². The first-order valence-electron chi connectivity index (χ1n) is 9.48. The summed E-state index contributed by atoms with van der Waals surface area (Å²) in [7, 11) is -3.33. The molecule has 2 N–H and O–H groups in total. The molecule has 0 spiro atoms. The average Bonchev–Trinajstić information content (AvgIpc) is 2.63. The van der Waals surface area contributed by atoms with Crippen LogP contribution in [0.25, 0.3) is 0 Å². The Hall–Kier alpha value is -2.07. The van der Waals surface area contributed by atoms with Crippen LogP contribution in [0.2, 0.25) is 0 Å². The molecule has 0 aliphatic carbocycles. The Bertz CT molecular complexity index is 841. The molecular formula is C19H27F2N3O4S. The van der Waals surface area contributed by atoms with Crippen molar-refractivity contribution in [2.45, 2.75) is 32.7 Å². The van der Waals surface area contributed by atoms with E-state index in [4.69, 9.17) is 0 Å². The summed E-state index contributed by atoms with van der Waals surface area (Å²) in [5.74, 6) is -3.69. The van der Waals surface area contributed by atoms with Crippen molar-refractivity contribution in [1.82, 2.24) is 14.9 Å². The Balaban J connectivity index is 2.09. The Kier molecular flexibility index (Phi) is 7.70. The first-order valence-corrected chi connectivity index (χ1v) is 11.4. The fraction of sp³-hybridized carbons (Fsp3) is 0.579. The van der Waals surface area contributed by atoms with Crippen molar-refractivity contribution in [2.75, 3.05) is 25.9 Å². The van der Waals surface area contributed by atoms with Gasteiger partial charge in [0.1, 0.15) is 23.2 Å². The number of benzene rings is 1. The van der Waals surface area contributed by atoms with E-state index < -0.39 is 39.2 Å². The molecule has 1 aliphatic heterocycles. The van der Waals surface area contributed by atoms with Crippen molar-refractivity contribution in [3.05, 3.63) is 35.4 Å². The van der Waals surface area contributed by atoms with Crippen LogP contribution in [0, 0.1) is 23.5 Å². The lowest BCUT2D eigenvalue weighted by atomic mass is 9.95. The van der Waals surface area contributed by atoms with Crippen LogP contribution in [0.1, 0.15) is 37.0 Å². The molecule has 0 aromatic heterocycles. The zero-order valence-corrected chi connectivity index (χ0v) is 17.6. The quantitative estimate of drug-likeness (QED) is 0.684. The molecule has 29 heavy (non-hydrogen) atoms. The number of nitrogens with zero attached hydrogens (tertiary/aromatic N) is 1. The summed E-state index contributed by atoms with van der Waals surface area (Å²) in [5.41, 5.74) is -0.722. The Labute approximate surface area is 169 Å². The van der Waals surface area contributed by atoms with E-state index >= 15 is 0 Å². The van der Waals surface area contributed by atoms with Gasteiger partial charge in [0.05, 0.1) is 6.26 Å². The number of hydrogen-bond donors (Lipinski definition) is 2. The second kappa shape index (κ2) is 9.62. The van der Waals surface area contributed by atoms with Gasteiger partial charge in [0, 0.05) is 19.6 Å². The number of carbonyl (C=O) groups excluding carboxylic acids is 2. The molecule has 2 atom stereocenters. The lowest BCUT2D eigenvalue weighted by Gasteiger charge is -2.36. The molecule has 7 nitrogen and oxygen atoms in total. The smallest absolute Gasteiger partial charge is 0.257 e. The number of halogens is 2. The highest BCUT2D eigenvalue weighted by Gasteiger charge is 2.33. The number of likely N-dealkylation sites (tertiary alicyclic amines) is 1. The summed E-state index contributed by atoms with van der Waals surface area (Å²) in [6, 6.07) is 2.16. The van der Waals surface area contributed by atoms with Gasteiger partial charge in [-0.05, 0) is 36.8 Å². The summed E-state index contributed by atoms with van der Waals surface area (Å²) in [6.45, 7) is 4.50. The third kappa shape index (κ3) is 6.46. The second-order valence-corrected chi connectivity index (χ2v) is 9.54. The maximum absolute atomic E-state index is 13.9. The van der Waals surface area contributed by atoms with E-state index in [9.17, 15) is 26.8 Å². The van der Waals surface area contributed by atoms with E-state index in [1.165, 1.54) is 0 Å². The maximum atomic E-state index is 13.9. The number of rotatable bonds is 7. The van der Waals surface area contributed by atoms with Crippen molar-refractivity contribution in [2.24, 2.45) is 11.8 Å².